The standard InChI is InChI=1S/C12H16N2O/c13-7-14-11(15)12-4-8-1-9(5-12)3-10(2-8)6-12/h8-10H,1-6H2,(H,14,15). The first-order valence-electron chi connectivity index (χ1n) is 5.91. The van der Waals surface area contributed by atoms with Gasteiger partial charge in [-0.25, -0.2) is 0 Å². The van der Waals surface area contributed by atoms with Gasteiger partial charge in [0, 0.05) is 0 Å². The molecule has 0 aromatic rings. The Morgan fingerprint density at radius 3 is 2.00 bits per heavy atom. The molecule has 4 fully saturated rings. The molecule has 1 N–H and O–H groups in total. The molecule has 1 amide bonds. The fourth-order valence-corrected chi connectivity index (χ4v) is 4.57. The number of nitriles is 1. The van der Waals surface area contributed by atoms with Crippen molar-refractivity contribution in [2.45, 2.75) is 38.5 Å². The first-order chi connectivity index (χ1) is 7.22. The molecule has 4 aliphatic carbocycles. The summed E-state index contributed by atoms with van der Waals surface area (Å²) in [6.07, 6.45) is 8.89. The van der Waals surface area contributed by atoms with E-state index in [1.807, 2.05) is 0 Å². The fourth-order valence-electron chi connectivity index (χ4n) is 4.57. The second kappa shape index (κ2) is 2.98. The van der Waals surface area contributed by atoms with Crippen molar-refractivity contribution in [3.63, 3.8) is 0 Å². The van der Waals surface area contributed by atoms with Gasteiger partial charge in [0.1, 0.15) is 0 Å². The molecule has 4 saturated carbocycles. The zero-order valence-electron chi connectivity index (χ0n) is 8.83. The van der Waals surface area contributed by atoms with Gasteiger partial charge in [0.25, 0.3) is 0 Å². The molecular weight excluding hydrogens is 188 g/mol. The first kappa shape index (κ1) is 9.21. The average molecular weight is 204 g/mol. The van der Waals surface area contributed by atoms with Crippen molar-refractivity contribution in [1.82, 2.24) is 5.32 Å². The molecule has 4 rings (SSSR count). The number of nitrogens with one attached hydrogen (secondary N) is 1. The number of carbonyl (C=O) groups is 1. The summed E-state index contributed by atoms with van der Waals surface area (Å²) < 4.78 is 0. The normalized spacial score (nSPS) is 46.2. The van der Waals surface area contributed by atoms with Gasteiger partial charge in [-0.2, -0.15) is 5.26 Å². The van der Waals surface area contributed by atoms with Crippen LogP contribution in [-0.4, -0.2) is 5.91 Å². The Morgan fingerprint density at radius 1 is 1.13 bits per heavy atom. The number of amides is 1. The van der Waals surface area contributed by atoms with Crippen LogP contribution in [0, 0.1) is 34.6 Å². The van der Waals surface area contributed by atoms with E-state index in [0.29, 0.717) is 0 Å². The van der Waals surface area contributed by atoms with Crippen molar-refractivity contribution in [2.24, 2.45) is 23.2 Å². The van der Waals surface area contributed by atoms with Crippen LogP contribution in [0.1, 0.15) is 38.5 Å². The summed E-state index contributed by atoms with van der Waals surface area (Å²) in [6.45, 7) is 0. The zero-order valence-corrected chi connectivity index (χ0v) is 8.83. The van der Waals surface area contributed by atoms with Gasteiger partial charge in [0.05, 0.1) is 5.41 Å². The van der Waals surface area contributed by atoms with Crippen molar-refractivity contribution in [2.75, 3.05) is 0 Å². The van der Waals surface area contributed by atoms with Crippen molar-refractivity contribution in [3.8, 4) is 6.19 Å². The van der Waals surface area contributed by atoms with Crippen LogP contribution in [0.3, 0.4) is 0 Å². The Labute approximate surface area is 89.8 Å². The van der Waals surface area contributed by atoms with Gasteiger partial charge in [-0.3, -0.25) is 10.1 Å². The monoisotopic (exact) mass is 204 g/mol. The Bertz CT molecular complexity index is 307. The second-order valence-electron chi connectivity index (χ2n) is 5.76. The summed E-state index contributed by atoms with van der Waals surface area (Å²) in [5.41, 5.74) is -0.162. The summed E-state index contributed by atoms with van der Waals surface area (Å²) in [5.74, 6) is 2.30. The largest absolute Gasteiger partial charge is 0.273 e. The van der Waals surface area contributed by atoms with Crippen LogP contribution in [0.15, 0.2) is 0 Å². The van der Waals surface area contributed by atoms with Crippen LogP contribution < -0.4 is 5.32 Å². The lowest BCUT2D eigenvalue weighted by molar-refractivity contribution is -0.144. The molecule has 0 atom stereocenters. The maximum atomic E-state index is 12.0. The maximum absolute atomic E-state index is 12.0. The van der Waals surface area contributed by atoms with E-state index >= 15 is 0 Å². The molecule has 0 unspecified atom stereocenters. The molecule has 15 heavy (non-hydrogen) atoms. The van der Waals surface area contributed by atoms with Gasteiger partial charge in [-0.1, -0.05) is 0 Å². The Hall–Kier alpha value is -1.04. The smallest absolute Gasteiger partial charge is 0.239 e. The highest BCUT2D eigenvalue weighted by Crippen LogP contribution is 2.59. The van der Waals surface area contributed by atoms with E-state index in [2.05, 4.69) is 5.32 Å². The summed E-state index contributed by atoms with van der Waals surface area (Å²) in [5, 5.41) is 10.9. The summed E-state index contributed by atoms with van der Waals surface area (Å²) in [6, 6.07) is 0. The lowest BCUT2D eigenvalue weighted by Crippen LogP contribution is -2.52. The lowest BCUT2D eigenvalue weighted by Gasteiger charge is -2.55. The highest BCUT2D eigenvalue weighted by Gasteiger charge is 2.54. The van der Waals surface area contributed by atoms with Gasteiger partial charge in [-0.05, 0) is 56.3 Å². The van der Waals surface area contributed by atoms with Gasteiger partial charge in [0.2, 0.25) is 5.91 Å². The Morgan fingerprint density at radius 2 is 1.60 bits per heavy atom. The SMILES string of the molecule is N#CNC(=O)C12CC3CC(CC(C3)C1)C2. The molecule has 0 heterocycles. The summed E-state index contributed by atoms with van der Waals surface area (Å²) >= 11 is 0. The van der Waals surface area contributed by atoms with E-state index < -0.39 is 0 Å². The van der Waals surface area contributed by atoms with Crippen LogP contribution >= 0.6 is 0 Å². The van der Waals surface area contributed by atoms with E-state index in [-0.39, 0.29) is 11.3 Å². The molecule has 4 aliphatic rings. The molecule has 0 saturated heterocycles. The van der Waals surface area contributed by atoms with E-state index in [9.17, 15) is 4.79 Å². The summed E-state index contributed by atoms with van der Waals surface area (Å²) in [7, 11) is 0. The van der Waals surface area contributed by atoms with Gasteiger partial charge in [0.15, 0.2) is 6.19 Å². The molecule has 3 heteroatoms. The molecular formula is C12H16N2O. The van der Waals surface area contributed by atoms with Crippen molar-refractivity contribution >= 4 is 5.91 Å². The van der Waals surface area contributed by atoms with Crippen molar-refractivity contribution in [3.05, 3.63) is 0 Å². The van der Waals surface area contributed by atoms with Crippen molar-refractivity contribution in [1.29, 1.82) is 5.26 Å². The van der Waals surface area contributed by atoms with E-state index in [0.717, 1.165) is 37.0 Å². The molecule has 0 radical (unpaired) electrons. The Kier molecular flexibility index (Phi) is 1.83. The van der Waals surface area contributed by atoms with Crippen LogP contribution in [0.25, 0.3) is 0 Å². The topological polar surface area (TPSA) is 52.9 Å². The van der Waals surface area contributed by atoms with Gasteiger partial charge >= 0.3 is 0 Å². The van der Waals surface area contributed by atoms with Crippen LogP contribution in [0.5, 0.6) is 0 Å². The molecule has 0 aliphatic heterocycles. The van der Waals surface area contributed by atoms with Crippen molar-refractivity contribution < 1.29 is 4.79 Å². The minimum Gasteiger partial charge on any atom is -0.273 e. The summed E-state index contributed by atoms with van der Waals surface area (Å²) in [4.78, 5) is 12.0. The predicted molar refractivity (Wildman–Crippen MR) is 54.4 cm³/mol. The molecule has 80 valence electrons. The number of hydrogen-bond donors (Lipinski definition) is 1. The highest BCUT2D eigenvalue weighted by atomic mass is 16.2. The van der Waals surface area contributed by atoms with E-state index in [1.54, 1.807) is 6.19 Å². The Balaban J connectivity index is 1.87. The van der Waals surface area contributed by atoms with Gasteiger partial charge in [-0.15, -0.1) is 0 Å². The molecule has 0 aromatic carbocycles. The molecule has 4 bridgehead atoms. The number of nitrogens with zero attached hydrogens (tertiary/aromatic N) is 1. The van der Waals surface area contributed by atoms with Gasteiger partial charge < -0.3 is 0 Å². The molecule has 3 nitrogen and oxygen atoms in total. The van der Waals surface area contributed by atoms with E-state index in [4.69, 9.17) is 5.26 Å². The van der Waals surface area contributed by atoms with Crippen LogP contribution in [0.4, 0.5) is 0 Å². The quantitative estimate of drug-likeness (QED) is 0.523. The number of carbonyl (C=O) groups excluding carboxylic acids is 1. The third-order valence-electron chi connectivity index (χ3n) is 4.69. The van der Waals surface area contributed by atoms with E-state index in [1.165, 1.54) is 19.3 Å². The highest BCUT2D eigenvalue weighted by molar-refractivity contribution is 5.84. The maximum Gasteiger partial charge on any atom is 0.239 e. The molecule has 0 spiro atoms. The third-order valence-corrected chi connectivity index (χ3v) is 4.69. The lowest BCUT2D eigenvalue weighted by atomic mass is 9.49. The molecule has 0 aromatic heterocycles. The second-order valence-corrected chi connectivity index (χ2v) is 5.76. The fraction of sp³-hybridized carbons (Fsp3) is 0.833. The first-order valence-corrected chi connectivity index (χ1v) is 5.91. The number of rotatable bonds is 1. The predicted octanol–water partition coefficient (Wildman–Crippen LogP) is 1.80. The minimum atomic E-state index is -0.162. The third kappa shape index (κ3) is 1.27. The average Bonchev–Trinajstić information content (AvgIpc) is 2.15. The zero-order chi connectivity index (χ0) is 10.5. The number of hydrogen-bond acceptors (Lipinski definition) is 2. The minimum absolute atomic E-state index is 0.00380. The van der Waals surface area contributed by atoms with Crippen LogP contribution in [-0.2, 0) is 4.79 Å². The van der Waals surface area contributed by atoms with Crippen LogP contribution in [0.2, 0.25) is 0 Å².